The van der Waals surface area contributed by atoms with Crippen molar-refractivity contribution in [3.05, 3.63) is 34.3 Å². The first-order valence-electron chi connectivity index (χ1n) is 6.98. The Morgan fingerprint density at radius 3 is 2.60 bits per heavy atom. The van der Waals surface area contributed by atoms with Gasteiger partial charge in [0.2, 0.25) is 0 Å². The van der Waals surface area contributed by atoms with E-state index in [9.17, 15) is 4.39 Å². The lowest BCUT2D eigenvalue weighted by molar-refractivity contribution is 0.621. The van der Waals surface area contributed by atoms with Gasteiger partial charge in [0.15, 0.2) is 0 Å². The van der Waals surface area contributed by atoms with Gasteiger partial charge < -0.3 is 10.3 Å². The van der Waals surface area contributed by atoms with Gasteiger partial charge in [-0.1, -0.05) is 0 Å². The number of rotatable bonds is 3. The molecule has 2 aromatic rings. The van der Waals surface area contributed by atoms with Crippen LogP contribution in [-0.2, 0) is 0 Å². The monoisotopic (exact) mass is 335 g/mol. The van der Waals surface area contributed by atoms with Crippen molar-refractivity contribution in [1.29, 1.82) is 0 Å². The van der Waals surface area contributed by atoms with Gasteiger partial charge >= 0.3 is 0 Å². The molecule has 0 spiro atoms. The second-order valence-corrected chi connectivity index (χ2v) is 6.56. The summed E-state index contributed by atoms with van der Waals surface area (Å²) in [5.41, 5.74) is 7.99. The van der Waals surface area contributed by atoms with E-state index in [2.05, 4.69) is 20.5 Å². The molecular formula is C15H15BrFN3. The highest BCUT2D eigenvalue weighted by Gasteiger charge is 2.36. The zero-order chi connectivity index (χ0) is 13.9. The van der Waals surface area contributed by atoms with E-state index in [0.29, 0.717) is 16.4 Å². The minimum atomic E-state index is -0.267. The number of aromatic nitrogens is 2. The van der Waals surface area contributed by atoms with Crippen molar-refractivity contribution in [3.63, 3.8) is 0 Å². The van der Waals surface area contributed by atoms with Crippen LogP contribution >= 0.6 is 15.9 Å². The lowest BCUT2D eigenvalue weighted by atomic mass is 10.1. The molecule has 2 N–H and O–H groups in total. The van der Waals surface area contributed by atoms with Crippen molar-refractivity contribution >= 4 is 21.7 Å². The second kappa shape index (κ2) is 4.32. The van der Waals surface area contributed by atoms with Crippen molar-refractivity contribution in [2.45, 2.75) is 37.6 Å². The van der Waals surface area contributed by atoms with Crippen LogP contribution < -0.4 is 5.73 Å². The van der Waals surface area contributed by atoms with Gasteiger partial charge in [0.1, 0.15) is 23.2 Å². The molecule has 1 heterocycles. The second-order valence-electron chi connectivity index (χ2n) is 5.71. The van der Waals surface area contributed by atoms with Crippen LogP contribution in [0.4, 0.5) is 10.2 Å². The number of nitrogen functional groups attached to an aromatic ring is 1. The van der Waals surface area contributed by atoms with Gasteiger partial charge in [-0.05, 0) is 59.8 Å². The van der Waals surface area contributed by atoms with Crippen LogP contribution in [0.25, 0.3) is 11.3 Å². The molecule has 0 aliphatic heterocycles. The molecule has 0 amide bonds. The van der Waals surface area contributed by atoms with E-state index >= 15 is 0 Å². The number of nitrogens with two attached hydrogens (primary N) is 1. The van der Waals surface area contributed by atoms with Crippen molar-refractivity contribution in [2.75, 3.05) is 5.73 Å². The number of hydrogen-bond donors (Lipinski definition) is 1. The summed E-state index contributed by atoms with van der Waals surface area (Å²) in [7, 11) is 0. The Morgan fingerprint density at radius 1 is 1.25 bits per heavy atom. The molecule has 5 heteroatoms. The summed E-state index contributed by atoms with van der Waals surface area (Å²) in [4.78, 5) is 4.77. The average molecular weight is 336 g/mol. The maximum atomic E-state index is 13.4. The third-order valence-electron chi connectivity index (χ3n) is 4.02. The molecule has 0 bridgehead atoms. The normalized spacial score (nSPS) is 18.5. The van der Waals surface area contributed by atoms with Crippen LogP contribution in [-0.4, -0.2) is 9.55 Å². The first-order valence-corrected chi connectivity index (χ1v) is 7.77. The van der Waals surface area contributed by atoms with Crippen LogP contribution in [0.2, 0.25) is 0 Å². The molecule has 104 valence electrons. The topological polar surface area (TPSA) is 43.8 Å². The number of hydrogen-bond acceptors (Lipinski definition) is 2. The van der Waals surface area contributed by atoms with Crippen molar-refractivity contribution in [1.82, 2.24) is 9.55 Å². The lowest BCUT2D eigenvalue weighted by Crippen LogP contribution is -2.04. The van der Waals surface area contributed by atoms with Gasteiger partial charge in [-0.25, -0.2) is 9.37 Å². The van der Waals surface area contributed by atoms with Gasteiger partial charge in [-0.3, -0.25) is 0 Å². The van der Waals surface area contributed by atoms with Crippen molar-refractivity contribution in [3.8, 4) is 11.3 Å². The molecule has 0 saturated heterocycles. The van der Waals surface area contributed by atoms with Gasteiger partial charge in [0.25, 0.3) is 0 Å². The third-order valence-corrected chi connectivity index (χ3v) is 4.63. The molecule has 0 unspecified atom stereocenters. The molecule has 1 aromatic carbocycles. The van der Waals surface area contributed by atoms with Gasteiger partial charge in [-0.2, -0.15) is 0 Å². The van der Waals surface area contributed by atoms with E-state index < -0.39 is 0 Å². The summed E-state index contributed by atoms with van der Waals surface area (Å²) in [6.45, 7) is 0. The van der Waals surface area contributed by atoms with Crippen LogP contribution in [0, 0.1) is 5.82 Å². The van der Waals surface area contributed by atoms with E-state index in [1.165, 1.54) is 31.7 Å². The average Bonchev–Trinajstić information content (AvgIpc) is 3.32. The highest BCUT2D eigenvalue weighted by Crippen LogP contribution is 2.48. The quantitative estimate of drug-likeness (QED) is 0.911. The highest BCUT2D eigenvalue weighted by atomic mass is 79.9. The van der Waals surface area contributed by atoms with Crippen molar-refractivity contribution in [2.24, 2.45) is 0 Å². The molecule has 2 saturated carbocycles. The summed E-state index contributed by atoms with van der Waals surface area (Å²) in [5, 5.41) is 0. The third kappa shape index (κ3) is 1.95. The summed E-state index contributed by atoms with van der Waals surface area (Å²) < 4.78 is 16.0. The molecule has 3 nitrogen and oxygen atoms in total. The molecule has 0 atom stereocenters. The SMILES string of the molecule is Nc1c(-c2ccc(F)c(Br)c2)nc(C2CC2)n1C1CC1. The van der Waals surface area contributed by atoms with E-state index in [-0.39, 0.29) is 5.82 Å². The number of nitrogens with zero attached hydrogens (tertiary/aromatic N) is 2. The molecule has 2 aliphatic carbocycles. The first kappa shape index (κ1) is 12.4. The first-order chi connectivity index (χ1) is 9.65. The van der Waals surface area contributed by atoms with E-state index in [4.69, 9.17) is 10.7 Å². The van der Waals surface area contributed by atoms with Crippen LogP contribution in [0.5, 0.6) is 0 Å². The Labute approximate surface area is 125 Å². The Kier molecular flexibility index (Phi) is 2.67. The number of imidazole rings is 1. The van der Waals surface area contributed by atoms with Crippen LogP contribution in [0.15, 0.2) is 22.7 Å². The molecule has 4 rings (SSSR count). The largest absolute Gasteiger partial charge is 0.383 e. The minimum Gasteiger partial charge on any atom is -0.383 e. The zero-order valence-electron chi connectivity index (χ0n) is 10.9. The van der Waals surface area contributed by atoms with Gasteiger partial charge in [0, 0.05) is 17.5 Å². The van der Waals surface area contributed by atoms with Gasteiger partial charge in [-0.15, -0.1) is 0 Å². The Morgan fingerprint density at radius 2 is 2.00 bits per heavy atom. The smallest absolute Gasteiger partial charge is 0.137 e. The fourth-order valence-electron chi connectivity index (χ4n) is 2.67. The lowest BCUT2D eigenvalue weighted by Gasteiger charge is -2.07. The van der Waals surface area contributed by atoms with Crippen LogP contribution in [0.3, 0.4) is 0 Å². The maximum absolute atomic E-state index is 13.4. The van der Waals surface area contributed by atoms with E-state index in [0.717, 1.165) is 22.9 Å². The maximum Gasteiger partial charge on any atom is 0.137 e. The Bertz CT molecular complexity index is 687. The summed E-state index contributed by atoms with van der Waals surface area (Å²) in [6, 6.07) is 5.47. The zero-order valence-corrected chi connectivity index (χ0v) is 12.5. The number of halogens is 2. The Hall–Kier alpha value is -1.36. The standard InChI is InChI=1S/C15H15BrFN3/c16-11-7-9(3-6-12(11)17)13-14(18)20(10-4-5-10)15(19-13)8-1-2-8/h3,6-8,10H,1-2,4-5,18H2. The number of anilines is 1. The molecule has 0 radical (unpaired) electrons. The molecular weight excluding hydrogens is 321 g/mol. The van der Waals surface area contributed by atoms with E-state index in [1.807, 2.05) is 0 Å². The predicted octanol–water partition coefficient (Wildman–Crippen LogP) is 4.25. The molecule has 1 aromatic heterocycles. The van der Waals surface area contributed by atoms with Gasteiger partial charge in [0.05, 0.1) is 4.47 Å². The molecule has 2 fully saturated rings. The molecule has 20 heavy (non-hydrogen) atoms. The summed E-state index contributed by atoms with van der Waals surface area (Å²) >= 11 is 3.23. The van der Waals surface area contributed by atoms with Crippen LogP contribution in [0.1, 0.15) is 43.5 Å². The fourth-order valence-corrected chi connectivity index (χ4v) is 3.04. The summed E-state index contributed by atoms with van der Waals surface area (Å²) in [6.07, 6.45) is 4.78. The minimum absolute atomic E-state index is 0.267. The fraction of sp³-hybridized carbons (Fsp3) is 0.400. The Balaban J connectivity index is 1.84. The summed E-state index contributed by atoms with van der Waals surface area (Å²) in [5.74, 6) is 2.15. The van der Waals surface area contributed by atoms with E-state index in [1.54, 1.807) is 12.1 Å². The highest BCUT2D eigenvalue weighted by molar-refractivity contribution is 9.10. The van der Waals surface area contributed by atoms with Crippen molar-refractivity contribution < 1.29 is 4.39 Å². The molecule has 2 aliphatic rings. The number of benzene rings is 1. The predicted molar refractivity (Wildman–Crippen MR) is 80.0 cm³/mol.